The summed E-state index contributed by atoms with van der Waals surface area (Å²) < 4.78 is 36.1. The van der Waals surface area contributed by atoms with E-state index in [2.05, 4.69) is 26.0 Å². The van der Waals surface area contributed by atoms with Gasteiger partial charge in [-0.05, 0) is 72.8 Å². The van der Waals surface area contributed by atoms with Crippen LogP contribution in [0.15, 0.2) is 81.7 Å². The number of imide groups is 2. The number of carbonyl (C=O) groups is 4. The van der Waals surface area contributed by atoms with Crippen LogP contribution in [0.5, 0.6) is 5.75 Å². The van der Waals surface area contributed by atoms with Crippen molar-refractivity contribution in [3.05, 3.63) is 92.9 Å². The molecule has 1 N–H and O–H groups in total. The molecule has 0 radical (unpaired) electrons. The maximum Gasteiger partial charge on any atom is 0.339 e. The molecular formula is C25H16BrClN2O8S. The van der Waals surface area contributed by atoms with Gasteiger partial charge in [0.25, 0.3) is 11.8 Å². The number of carbonyl (C=O) groups excluding carboxylic acids is 4. The van der Waals surface area contributed by atoms with Crippen molar-refractivity contribution in [1.29, 1.82) is 0 Å². The standard InChI is InChI=1S/C25H16BrClN2O8S/c1-36-24(32)14-2-7-18(8-3-14)29-23(31)20(22(30)28-25(29)33)13-15-12-16(26)4-11-21(15)37-38(34,35)19-9-5-17(27)6-10-19/h2-13H,1H3,(H,28,30,33)/b20-13+. The van der Waals surface area contributed by atoms with Crippen LogP contribution < -0.4 is 14.4 Å². The molecule has 4 rings (SSSR count). The molecular weight excluding hydrogens is 604 g/mol. The Morgan fingerprint density at radius 1 is 1.00 bits per heavy atom. The van der Waals surface area contributed by atoms with E-state index < -0.39 is 39.5 Å². The van der Waals surface area contributed by atoms with Crippen molar-refractivity contribution in [3.8, 4) is 5.75 Å². The molecule has 0 saturated carbocycles. The predicted molar refractivity (Wildman–Crippen MR) is 140 cm³/mol. The molecule has 1 aliphatic heterocycles. The lowest BCUT2D eigenvalue weighted by Crippen LogP contribution is -2.54. The highest BCUT2D eigenvalue weighted by atomic mass is 79.9. The summed E-state index contributed by atoms with van der Waals surface area (Å²) in [5, 5.41) is 2.41. The summed E-state index contributed by atoms with van der Waals surface area (Å²) in [5.41, 5.74) is -0.139. The molecule has 13 heteroatoms. The van der Waals surface area contributed by atoms with Crippen LogP contribution in [0.1, 0.15) is 15.9 Å². The Morgan fingerprint density at radius 2 is 1.66 bits per heavy atom. The number of ether oxygens (including phenoxy) is 1. The second-order valence-electron chi connectivity index (χ2n) is 7.67. The van der Waals surface area contributed by atoms with E-state index in [-0.39, 0.29) is 27.5 Å². The number of benzene rings is 3. The molecule has 0 atom stereocenters. The number of methoxy groups -OCH3 is 1. The molecule has 4 amide bonds. The largest absolute Gasteiger partial charge is 0.465 e. The van der Waals surface area contributed by atoms with Gasteiger partial charge in [-0.2, -0.15) is 8.42 Å². The zero-order chi connectivity index (χ0) is 27.6. The second-order valence-corrected chi connectivity index (χ2v) is 10.6. The third-order valence-electron chi connectivity index (χ3n) is 5.22. The number of rotatable bonds is 6. The van der Waals surface area contributed by atoms with Gasteiger partial charge in [-0.15, -0.1) is 0 Å². The van der Waals surface area contributed by atoms with E-state index in [0.29, 0.717) is 14.4 Å². The van der Waals surface area contributed by atoms with E-state index >= 15 is 0 Å². The average molecular weight is 620 g/mol. The van der Waals surface area contributed by atoms with Crippen molar-refractivity contribution in [2.75, 3.05) is 12.0 Å². The van der Waals surface area contributed by atoms with Crippen LogP contribution in [0.4, 0.5) is 10.5 Å². The number of nitrogens with one attached hydrogen (secondary N) is 1. The second kappa shape index (κ2) is 10.8. The number of hydrogen-bond donors (Lipinski definition) is 1. The lowest BCUT2D eigenvalue weighted by Gasteiger charge is -2.26. The van der Waals surface area contributed by atoms with Crippen molar-refractivity contribution in [2.24, 2.45) is 0 Å². The molecule has 1 heterocycles. The van der Waals surface area contributed by atoms with E-state index in [1.165, 1.54) is 73.8 Å². The smallest absolute Gasteiger partial charge is 0.339 e. The fourth-order valence-electron chi connectivity index (χ4n) is 3.39. The van der Waals surface area contributed by atoms with Crippen LogP contribution in [0.25, 0.3) is 6.08 Å². The predicted octanol–water partition coefficient (Wildman–Crippen LogP) is 4.32. The topological polar surface area (TPSA) is 136 Å². The monoisotopic (exact) mass is 618 g/mol. The van der Waals surface area contributed by atoms with Gasteiger partial charge in [-0.3, -0.25) is 14.9 Å². The highest BCUT2D eigenvalue weighted by Gasteiger charge is 2.37. The van der Waals surface area contributed by atoms with Gasteiger partial charge >= 0.3 is 22.1 Å². The van der Waals surface area contributed by atoms with Gasteiger partial charge < -0.3 is 8.92 Å². The molecule has 0 bridgehead atoms. The molecule has 3 aromatic rings. The van der Waals surface area contributed by atoms with Gasteiger partial charge in [-0.1, -0.05) is 27.5 Å². The molecule has 194 valence electrons. The molecule has 3 aromatic carbocycles. The Balaban J connectivity index is 1.71. The summed E-state index contributed by atoms with van der Waals surface area (Å²) in [5.74, 6) is -2.76. The SMILES string of the molecule is COC(=O)c1ccc(N2C(=O)NC(=O)/C(=C\c3cc(Br)ccc3OS(=O)(=O)c3ccc(Cl)cc3)C2=O)cc1. The zero-order valence-corrected chi connectivity index (χ0v) is 22.5. The molecule has 1 aliphatic rings. The van der Waals surface area contributed by atoms with Gasteiger partial charge in [0.2, 0.25) is 0 Å². The molecule has 0 unspecified atom stereocenters. The van der Waals surface area contributed by atoms with E-state index in [0.717, 1.165) is 6.08 Å². The van der Waals surface area contributed by atoms with Gasteiger partial charge in [-0.25, -0.2) is 14.5 Å². The lowest BCUT2D eigenvalue weighted by atomic mass is 10.1. The van der Waals surface area contributed by atoms with Crippen LogP contribution in [0, 0.1) is 0 Å². The normalized spacial score (nSPS) is 14.9. The number of hydrogen-bond acceptors (Lipinski definition) is 8. The Morgan fingerprint density at radius 3 is 2.29 bits per heavy atom. The lowest BCUT2D eigenvalue weighted by molar-refractivity contribution is -0.122. The number of esters is 1. The van der Waals surface area contributed by atoms with Crippen molar-refractivity contribution in [2.45, 2.75) is 4.90 Å². The van der Waals surface area contributed by atoms with Crippen molar-refractivity contribution in [1.82, 2.24) is 5.32 Å². The van der Waals surface area contributed by atoms with Gasteiger partial charge in [0.05, 0.1) is 18.4 Å². The highest BCUT2D eigenvalue weighted by molar-refractivity contribution is 9.10. The number of urea groups is 1. The van der Waals surface area contributed by atoms with Crippen molar-refractivity contribution >= 4 is 73.2 Å². The number of anilines is 1. The average Bonchev–Trinajstić information content (AvgIpc) is 2.88. The van der Waals surface area contributed by atoms with Crippen LogP contribution in [0.2, 0.25) is 5.02 Å². The Kier molecular flexibility index (Phi) is 7.67. The number of barbiturate groups is 1. The van der Waals surface area contributed by atoms with E-state index in [9.17, 15) is 27.6 Å². The fourth-order valence-corrected chi connectivity index (χ4v) is 4.85. The summed E-state index contributed by atoms with van der Waals surface area (Å²) in [6, 6.07) is 14.0. The Bertz CT molecular complexity index is 1600. The third-order valence-corrected chi connectivity index (χ3v) is 7.22. The quantitative estimate of drug-likeness (QED) is 0.186. The van der Waals surface area contributed by atoms with Crippen LogP contribution in [-0.4, -0.2) is 39.3 Å². The first-order chi connectivity index (χ1) is 18.0. The van der Waals surface area contributed by atoms with Gasteiger partial charge in [0, 0.05) is 15.1 Å². The third kappa shape index (κ3) is 5.62. The fraction of sp³-hybridized carbons (Fsp3) is 0.0400. The molecule has 0 aliphatic carbocycles. The zero-order valence-electron chi connectivity index (χ0n) is 19.3. The minimum atomic E-state index is -4.30. The summed E-state index contributed by atoms with van der Waals surface area (Å²) in [7, 11) is -3.09. The highest BCUT2D eigenvalue weighted by Crippen LogP contribution is 2.30. The first-order valence-electron chi connectivity index (χ1n) is 10.6. The molecule has 0 spiro atoms. The number of nitrogens with zero attached hydrogens (tertiary/aromatic N) is 1. The van der Waals surface area contributed by atoms with Crippen LogP contribution in [-0.2, 0) is 24.4 Å². The summed E-state index contributed by atoms with van der Waals surface area (Å²) in [4.78, 5) is 50.6. The van der Waals surface area contributed by atoms with Crippen molar-refractivity contribution < 1.29 is 36.5 Å². The van der Waals surface area contributed by atoms with Crippen LogP contribution >= 0.6 is 27.5 Å². The maximum atomic E-state index is 13.3. The molecule has 0 aromatic heterocycles. The number of halogens is 2. The van der Waals surface area contributed by atoms with Crippen LogP contribution in [0.3, 0.4) is 0 Å². The molecule has 38 heavy (non-hydrogen) atoms. The number of amides is 4. The van der Waals surface area contributed by atoms with Gasteiger partial charge in [0.1, 0.15) is 16.2 Å². The Hall–Kier alpha value is -4.00. The van der Waals surface area contributed by atoms with E-state index in [1.807, 2.05) is 0 Å². The minimum Gasteiger partial charge on any atom is -0.465 e. The first kappa shape index (κ1) is 27.0. The molecule has 10 nitrogen and oxygen atoms in total. The maximum absolute atomic E-state index is 13.3. The minimum absolute atomic E-state index is 0.0609. The van der Waals surface area contributed by atoms with E-state index in [1.54, 1.807) is 0 Å². The van der Waals surface area contributed by atoms with E-state index in [4.69, 9.17) is 15.8 Å². The van der Waals surface area contributed by atoms with Gasteiger partial charge in [0.15, 0.2) is 0 Å². The summed E-state index contributed by atoms with van der Waals surface area (Å²) in [6.07, 6.45) is 1.11. The first-order valence-corrected chi connectivity index (χ1v) is 13.2. The van der Waals surface area contributed by atoms with Crippen molar-refractivity contribution in [3.63, 3.8) is 0 Å². The molecule has 1 fully saturated rings. The molecule has 1 saturated heterocycles. The Labute approximate surface area is 230 Å². The summed E-state index contributed by atoms with van der Waals surface area (Å²) in [6.45, 7) is 0. The summed E-state index contributed by atoms with van der Waals surface area (Å²) >= 11 is 9.10.